The molecule has 24 heavy (non-hydrogen) atoms. The van der Waals surface area contributed by atoms with Gasteiger partial charge in [0.15, 0.2) is 0 Å². The van der Waals surface area contributed by atoms with Gasteiger partial charge >= 0.3 is 0 Å². The summed E-state index contributed by atoms with van der Waals surface area (Å²) in [6, 6.07) is 8.27. The minimum atomic E-state index is 0.491. The molecule has 0 bridgehead atoms. The van der Waals surface area contributed by atoms with Crippen LogP contribution in [0.2, 0.25) is 0 Å². The van der Waals surface area contributed by atoms with Gasteiger partial charge in [-0.05, 0) is 55.5 Å². The third-order valence-electron chi connectivity index (χ3n) is 4.56. The average Bonchev–Trinajstić information content (AvgIpc) is 2.59. The van der Waals surface area contributed by atoms with E-state index in [-0.39, 0.29) is 0 Å². The van der Waals surface area contributed by atoms with Gasteiger partial charge in [-0.15, -0.1) is 0 Å². The summed E-state index contributed by atoms with van der Waals surface area (Å²) in [6.07, 6.45) is 2.92. The van der Waals surface area contributed by atoms with Crippen molar-refractivity contribution < 1.29 is 9.47 Å². The Bertz CT molecular complexity index is 715. The van der Waals surface area contributed by atoms with Gasteiger partial charge in [0, 0.05) is 17.3 Å². The van der Waals surface area contributed by atoms with Crippen LogP contribution in [-0.4, -0.2) is 18.1 Å². The van der Waals surface area contributed by atoms with Gasteiger partial charge in [0.05, 0.1) is 12.3 Å². The maximum absolute atomic E-state index is 5.98. The van der Waals surface area contributed by atoms with E-state index in [0.717, 1.165) is 41.3 Å². The van der Waals surface area contributed by atoms with Crippen molar-refractivity contribution in [2.24, 2.45) is 17.6 Å². The van der Waals surface area contributed by atoms with Gasteiger partial charge in [-0.3, -0.25) is 4.98 Å². The number of hydrogen-bond acceptors (Lipinski definition) is 4. The number of benzene rings is 1. The molecule has 0 saturated carbocycles. The predicted molar refractivity (Wildman–Crippen MR) is 96.2 cm³/mol. The molecule has 0 aliphatic carbocycles. The van der Waals surface area contributed by atoms with Crippen LogP contribution < -0.4 is 15.2 Å². The fraction of sp³-hybridized carbons (Fsp3) is 0.450. The summed E-state index contributed by atoms with van der Waals surface area (Å²) in [6.45, 7) is 8.37. The number of aromatic nitrogens is 1. The molecule has 0 amide bonds. The lowest BCUT2D eigenvalue weighted by Crippen LogP contribution is -2.17. The molecule has 1 aromatic heterocycles. The monoisotopic (exact) mass is 326 g/mol. The Labute approximate surface area is 144 Å². The number of aryl methyl sites for hydroxylation is 1. The topological polar surface area (TPSA) is 57.4 Å². The molecule has 0 saturated heterocycles. The van der Waals surface area contributed by atoms with Crippen molar-refractivity contribution in [3.63, 3.8) is 0 Å². The van der Waals surface area contributed by atoms with Crippen LogP contribution in [0.3, 0.4) is 0 Å². The zero-order chi connectivity index (χ0) is 17.1. The van der Waals surface area contributed by atoms with E-state index in [1.165, 1.54) is 5.56 Å². The van der Waals surface area contributed by atoms with Crippen molar-refractivity contribution in [2.75, 3.05) is 13.2 Å². The SMILES string of the molecule is Cc1nccc2c1OCc1cc(OCC(C)CC(C)CN)ccc1-2. The summed E-state index contributed by atoms with van der Waals surface area (Å²) in [5.74, 6) is 2.82. The molecule has 1 aliphatic rings. The van der Waals surface area contributed by atoms with Crippen LogP contribution in [0.25, 0.3) is 11.1 Å². The number of pyridine rings is 1. The van der Waals surface area contributed by atoms with E-state index in [4.69, 9.17) is 15.2 Å². The largest absolute Gasteiger partial charge is 0.493 e. The average molecular weight is 326 g/mol. The van der Waals surface area contributed by atoms with Crippen molar-refractivity contribution in [3.8, 4) is 22.6 Å². The van der Waals surface area contributed by atoms with E-state index in [9.17, 15) is 0 Å². The Hall–Kier alpha value is -2.07. The molecule has 0 fully saturated rings. The van der Waals surface area contributed by atoms with Gasteiger partial charge in [-0.1, -0.05) is 19.9 Å². The van der Waals surface area contributed by atoms with Gasteiger partial charge in [-0.25, -0.2) is 0 Å². The van der Waals surface area contributed by atoms with Crippen LogP contribution in [0.4, 0.5) is 0 Å². The maximum Gasteiger partial charge on any atom is 0.148 e. The molecule has 2 N–H and O–H groups in total. The van der Waals surface area contributed by atoms with Crippen LogP contribution in [0.15, 0.2) is 30.5 Å². The lowest BCUT2D eigenvalue weighted by atomic mass is 9.96. The van der Waals surface area contributed by atoms with Crippen molar-refractivity contribution in [2.45, 2.75) is 33.8 Å². The molecule has 2 unspecified atom stereocenters. The number of rotatable bonds is 6. The van der Waals surface area contributed by atoms with E-state index in [2.05, 4.69) is 31.0 Å². The zero-order valence-corrected chi connectivity index (χ0v) is 14.7. The zero-order valence-electron chi connectivity index (χ0n) is 14.7. The lowest BCUT2D eigenvalue weighted by molar-refractivity contribution is 0.235. The number of hydrogen-bond donors (Lipinski definition) is 1. The minimum absolute atomic E-state index is 0.491. The van der Waals surface area contributed by atoms with Gasteiger partial charge < -0.3 is 15.2 Å². The molecule has 2 aromatic rings. The normalized spacial score (nSPS) is 15.0. The Balaban J connectivity index is 1.72. The van der Waals surface area contributed by atoms with E-state index in [1.807, 2.05) is 25.3 Å². The van der Waals surface area contributed by atoms with E-state index >= 15 is 0 Å². The summed E-state index contributed by atoms with van der Waals surface area (Å²) >= 11 is 0. The van der Waals surface area contributed by atoms with Crippen LogP contribution in [0.1, 0.15) is 31.5 Å². The molecule has 128 valence electrons. The first-order valence-corrected chi connectivity index (χ1v) is 8.63. The van der Waals surface area contributed by atoms with Crippen molar-refractivity contribution in [1.29, 1.82) is 0 Å². The smallest absolute Gasteiger partial charge is 0.148 e. The van der Waals surface area contributed by atoms with Gasteiger partial charge in [-0.2, -0.15) is 0 Å². The highest BCUT2D eigenvalue weighted by molar-refractivity contribution is 5.76. The van der Waals surface area contributed by atoms with E-state index in [1.54, 1.807) is 0 Å². The van der Waals surface area contributed by atoms with Crippen molar-refractivity contribution in [1.82, 2.24) is 4.98 Å². The quantitative estimate of drug-likeness (QED) is 0.873. The second-order valence-corrected chi connectivity index (χ2v) is 6.87. The predicted octanol–water partition coefficient (Wildman–Crippen LogP) is 3.95. The molecule has 0 radical (unpaired) electrons. The van der Waals surface area contributed by atoms with Crippen LogP contribution in [0, 0.1) is 18.8 Å². The Morgan fingerprint density at radius 3 is 2.83 bits per heavy atom. The summed E-state index contributed by atoms with van der Waals surface area (Å²) < 4.78 is 11.9. The summed E-state index contributed by atoms with van der Waals surface area (Å²) in [5, 5.41) is 0. The number of fused-ring (bicyclic) bond motifs is 3. The van der Waals surface area contributed by atoms with E-state index < -0.39 is 0 Å². The van der Waals surface area contributed by atoms with Crippen molar-refractivity contribution >= 4 is 0 Å². The summed E-state index contributed by atoms with van der Waals surface area (Å²) in [7, 11) is 0. The molecule has 0 spiro atoms. The molecule has 4 nitrogen and oxygen atoms in total. The standard InChI is InChI=1S/C20H26N2O2/c1-13(10-21)8-14(2)11-23-17-4-5-18-16(9-17)12-24-20-15(3)22-7-6-19(18)20/h4-7,9,13-14H,8,10-12,21H2,1-3H3. The Kier molecular flexibility index (Phi) is 5.05. The maximum atomic E-state index is 5.98. The molecule has 1 aliphatic heterocycles. The summed E-state index contributed by atoms with van der Waals surface area (Å²) in [5.41, 5.74) is 10.1. The second-order valence-electron chi connectivity index (χ2n) is 6.87. The molecular weight excluding hydrogens is 300 g/mol. The number of ether oxygens (including phenoxy) is 2. The van der Waals surface area contributed by atoms with Gasteiger partial charge in [0.2, 0.25) is 0 Å². The first-order valence-electron chi connectivity index (χ1n) is 8.63. The third kappa shape index (κ3) is 3.54. The summed E-state index contributed by atoms with van der Waals surface area (Å²) in [4.78, 5) is 4.30. The molecule has 4 heteroatoms. The van der Waals surface area contributed by atoms with Crippen LogP contribution in [0.5, 0.6) is 11.5 Å². The highest BCUT2D eigenvalue weighted by atomic mass is 16.5. The second kappa shape index (κ2) is 7.22. The minimum Gasteiger partial charge on any atom is -0.493 e. The van der Waals surface area contributed by atoms with Gasteiger partial charge in [0.25, 0.3) is 0 Å². The fourth-order valence-electron chi connectivity index (χ4n) is 3.23. The molecule has 2 atom stereocenters. The molecular formula is C20H26N2O2. The van der Waals surface area contributed by atoms with E-state index in [0.29, 0.717) is 25.0 Å². The van der Waals surface area contributed by atoms with Crippen LogP contribution >= 0.6 is 0 Å². The molecule has 2 heterocycles. The number of nitrogens with zero attached hydrogens (tertiary/aromatic N) is 1. The Morgan fingerprint density at radius 1 is 1.21 bits per heavy atom. The van der Waals surface area contributed by atoms with Crippen LogP contribution in [-0.2, 0) is 6.61 Å². The van der Waals surface area contributed by atoms with Crippen molar-refractivity contribution in [3.05, 3.63) is 41.7 Å². The van der Waals surface area contributed by atoms with Gasteiger partial charge in [0.1, 0.15) is 18.1 Å². The first kappa shape index (κ1) is 16.8. The number of nitrogens with two attached hydrogens (primary N) is 1. The third-order valence-corrected chi connectivity index (χ3v) is 4.56. The fourth-order valence-corrected chi connectivity index (χ4v) is 3.23. The Morgan fingerprint density at radius 2 is 2.04 bits per heavy atom. The lowest BCUT2D eigenvalue weighted by Gasteiger charge is -2.23. The highest BCUT2D eigenvalue weighted by Crippen LogP contribution is 2.39. The molecule has 3 rings (SSSR count). The highest BCUT2D eigenvalue weighted by Gasteiger charge is 2.20. The molecule has 1 aromatic carbocycles. The first-order chi connectivity index (χ1) is 11.6.